The first kappa shape index (κ1) is 16.1. The van der Waals surface area contributed by atoms with Gasteiger partial charge in [-0.05, 0) is 30.3 Å². The van der Waals surface area contributed by atoms with E-state index in [1.165, 1.54) is 0 Å². The van der Waals surface area contributed by atoms with E-state index in [0.29, 0.717) is 27.7 Å². The summed E-state index contributed by atoms with van der Waals surface area (Å²) in [5.74, 6) is -0.0286. The Bertz CT molecular complexity index is 821. The normalized spacial score (nSPS) is 12.7. The Morgan fingerprint density at radius 3 is 2.83 bits per heavy atom. The first-order chi connectivity index (χ1) is 11.5. The van der Waals surface area contributed by atoms with Gasteiger partial charge < -0.3 is 20.3 Å². The van der Waals surface area contributed by atoms with Gasteiger partial charge >= 0.3 is 0 Å². The lowest BCUT2D eigenvalue weighted by Crippen LogP contribution is -2.25. The smallest absolute Gasteiger partial charge is 0.262 e. The van der Waals surface area contributed by atoms with Gasteiger partial charge in [0.1, 0.15) is 5.75 Å². The number of carbonyl (C=O) groups is 2. The van der Waals surface area contributed by atoms with Gasteiger partial charge in [0.25, 0.3) is 11.8 Å². The third kappa shape index (κ3) is 3.14. The number of fused-ring (bicyclic) bond motifs is 1. The minimum Gasteiger partial charge on any atom is -0.482 e. The van der Waals surface area contributed by atoms with Crippen LogP contribution in [-0.4, -0.2) is 32.5 Å². The number of hydrogen-bond acceptors (Lipinski definition) is 4. The highest BCUT2D eigenvalue weighted by Gasteiger charge is 2.19. The summed E-state index contributed by atoms with van der Waals surface area (Å²) >= 11 is 6.21. The van der Waals surface area contributed by atoms with Crippen LogP contribution in [0, 0.1) is 0 Å². The number of ether oxygens (including phenoxy) is 1. The predicted molar refractivity (Wildman–Crippen MR) is 94.3 cm³/mol. The number of nitrogens with zero attached hydrogens (tertiary/aromatic N) is 1. The molecule has 6 nitrogen and oxygen atoms in total. The molecule has 0 unspecified atom stereocenters. The maximum absolute atomic E-state index is 12.5. The van der Waals surface area contributed by atoms with Crippen molar-refractivity contribution in [1.29, 1.82) is 0 Å². The third-order valence-electron chi connectivity index (χ3n) is 3.56. The number of benzene rings is 2. The van der Waals surface area contributed by atoms with Gasteiger partial charge in [-0.3, -0.25) is 9.59 Å². The maximum atomic E-state index is 12.5. The van der Waals surface area contributed by atoms with Crippen molar-refractivity contribution in [2.75, 3.05) is 36.2 Å². The Labute approximate surface area is 144 Å². The highest BCUT2D eigenvalue weighted by atomic mass is 35.5. The topological polar surface area (TPSA) is 70.7 Å². The summed E-state index contributed by atoms with van der Waals surface area (Å²) in [7, 11) is 3.71. The lowest BCUT2D eigenvalue weighted by molar-refractivity contribution is -0.118. The highest BCUT2D eigenvalue weighted by molar-refractivity contribution is 6.34. The molecule has 0 saturated heterocycles. The van der Waals surface area contributed by atoms with Crippen LogP contribution in [0.2, 0.25) is 5.02 Å². The zero-order valence-corrected chi connectivity index (χ0v) is 14.0. The lowest BCUT2D eigenvalue weighted by atomic mass is 10.1. The van der Waals surface area contributed by atoms with Crippen molar-refractivity contribution in [3.8, 4) is 5.75 Å². The Kier molecular flexibility index (Phi) is 4.31. The van der Waals surface area contributed by atoms with E-state index in [4.69, 9.17) is 16.3 Å². The number of para-hydroxylation sites is 1. The van der Waals surface area contributed by atoms with Gasteiger partial charge in [-0.2, -0.15) is 0 Å². The fourth-order valence-corrected chi connectivity index (χ4v) is 2.82. The van der Waals surface area contributed by atoms with Crippen molar-refractivity contribution in [2.45, 2.75) is 0 Å². The molecule has 0 aliphatic carbocycles. The fraction of sp³-hybridized carbons (Fsp3) is 0.176. The van der Waals surface area contributed by atoms with Crippen LogP contribution in [0.4, 0.5) is 17.1 Å². The van der Waals surface area contributed by atoms with E-state index in [1.807, 2.05) is 19.0 Å². The minimum atomic E-state index is -0.288. The molecule has 2 aromatic rings. The average Bonchev–Trinajstić information content (AvgIpc) is 2.54. The van der Waals surface area contributed by atoms with E-state index < -0.39 is 0 Å². The Hall–Kier alpha value is -2.73. The van der Waals surface area contributed by atoms with Crippen molar-refractivity contribution >= 4 is 40.5 Å². The van der Waals surface area contributed by atoms with Gasteiger partial charge in [-0.15, -0.1) is 0 Å². The molecule has 2 aromatic carbocycles. The third-order valence-corrected chi connectivity index (χ3v) is 3.86. The molecule has 0 spiro atoms. The maximum Gasteiger partial charge on any atom is 0.262 e. The lowest BCUT2D eigenvalue weighted by Gasteiger charge is -2.20. The van der Waals surface area contributed by atoms with E-state index >= 15 is 0 Å². The monoisotopic (exact) mass is 345 g/mol. The molecule has 0 saturated carbocycles. The van der Waals surface area contributed by atoms with Gasteiger partial charge in [0.15, 0.2) is 6.61 Å². The van der Waals surface area contributed by atoms with Gasteiger partial charge in [-0.25, -0.2) is 0 Å². The molecular weight excluding hydrogens is 330 g/mol. The summed E-state index contributed by atoms with van der Waals surface area (Å²) < 4.78 is 5.34. The van der Waals surface area contributed by atoms with Crippen molar-refractivity contribution < 1.29 is 14.3 Å². The number of halogens is 1. The molecule has 0 aromatic heterocycles. The number of amides is 2. The number of carbonyl (C=O) groups excluding carboxylic acids is 2. The van der Waals surface area contributed by atoms with Crippen molar-refractivity contribution in [3.63, 3.8) is 0 Å². The molecule has 2 amide bonds. The Morgan fingerprint density at radius 2 is 2.08 bits per heavy atom. The molecule has 3 rings (SSSR count). The molecule has 0 bridgehead atoms. The van der Waals surface area contributed by atoms with Gasteiger partial charge in [0.2, 0.25) is 0 Å². The van der Waals surface area contributed by atoms with Crippen LogP contribution in [0.5, 0.6) is 5.75 Å². The van der Waals surface area contributed by atoms with Crippen LogP contribution in [0.3, 0.4) is 0 Å². The number of hydrogen-bond donors (Lipinski definition) is 2. The van der Waals surface area contributed by atoms with E-state index in [2.05, 4.69) is 10.6 Å². The van der Waals surface area contributed by atoms with Crippen LogP contribution in [-0.2, 0) is 4.79 Å². The Morgan fingerprint density at radius 1 is 1.29 bits per heavy atom. The largest absolute Gasteiger partial charge is 0.482 e. The van der Waals surface area contributed by atoms with Crippen LogP contribution in [0.15, 0.2) is 36.4 Å². The van der Waals surface area contributed by atoms with Crippen molar-refractivity contribution in [3.05, 3.63) is 47.0 Å². The van der Waals surface area contributed by atoms with Gasteiger partial charge in [0, 0.05) is 19.7 Å². The van der Waals surface area contributed by atoms with Crippen LogP contribution in [0.25, 0.3) is 0 Å². The molecule has 0 atom stereocenters. The molecule has 1 aliphatic rings. The predicted octanol–water partition coefficient (Wildman–Crippen LogP) is 2.99. The second kappa shape index (κ2) is 6.41. The standard InChI is InChI=1S/C17H16ClN3O3/c1-21(2)16-11(18)4-3-5-13(16)20-17(23)10-6-7-12-14(8-10)24-9-15(22)19-12/h3-8H,9H2,1-2H3,(H,19,22)(H,20,23). The zero-order chi connectivity index (χ0) is 17.3. The van der Waals surface area contributed by atoms with Crippen molar-refractivity contribution in [2.24, 2.45) is 0 Å². The first-order valence-corrected chi connectivity index (χ1v) is 7.67. The van der Waals surface area contributed by atoms with Crippen LogP contribution < -0.4 is 20.3 Å². The van der Waals surface area contributed by atoms with Crippen LogP contribution in [0.1, 0.15) is 10.4 Å². The molecule has 24 heavy (non-hydrogen) atoms. The zero-order valence-electron chi connectivity index (χ0n) is 13.2. The quantitative estimate of drug-likeness (QED) is 0.897. The number of nitrogens with one attached hydrogen (secondary N) is 2. The molecule has 7 heteroatoms. The highest BCUT2D eigenvalue weighted by Crippen LogP contribution is 2.33. The molecular formula is C17H16ClN3O3. The van der Waals surface area contributed by atoms with Gasteiger partial charge in [-0.1, -0.05) is 17.7 Å². The summed E-state index contributed by atoms with van der Waals surface area (Å²) in [6.45, 7) is -0.0584. The number of anilines is 3. The van der Waals surface area contributed by atoms with Crippen molar-refractivity contribution in [1.82, 2.24) is 0 Å². The number of rotatable bonds is 3. The molecule has 0 radical (unpaired) electrons. The molecule has 1 aliphatic heterocycles. The molecule has 1 heterocycles. The second-order valence-corrected chi connectivity index (χ2v) is 5.94. The SMILES string of the molecule is CN(C)c1c(Cl)cccc1NC(=O)c1ccc2c(c1)OCC(=O)N2. The first-order valence-electron chi connectivity index (χ1n) is 7.29. The van der Waals surface area contributed by atoms with Gasteiger partial charge in [0.05, 0.1) is 22.1 Å². The Balaban J connectivity index is 1.86. The summed E-state index contributed by atoms with van der Waals surface area (Å²) in [5.41, 5.74) is 2.33. The fourth-order valence-electron chi connectivity index (χ4n) is 2.48. The minimum absolute atomic E-state index is 0.0584. The molecule has 124 valence electrons. The summed E-state index contributed by atoms with van der Waals surface area (Å²) in [5, 5.41) is 6.09. The van der Waals surface area contributed by atoms with E-state index in [1.54, 1.807) is 36.4 Å². The van der Waals surface area contributed by atoms with Crippen LogP contribution >= 0.6 is 11.6 Å². The summed E-state index contributed by atoms with van der Waals surface area (Å²) in [6, 6.07) is 10.2. The van der Waals surface area contributed by atoms with E-state index in [-0.39, 0.29) is 18.4 Å². The average molecular weight is 346 g/mol. The second-order valence-electron chi connectivity index (χ2n) is 5.53. The molecule has 0 fully saturated rings. The van der Waals surface area contributed by atoms with E-state index in [0.717, 1.165) is 5.69 Å². The molecule has 2 N–H and O–H groups in total. The van der Waals surface area contributed by atoms with E-state index in [9.17, 15) is 9.59 Å². The summed E-state index contributed by atoms with van der Waals surface area (Å²) in [6.07, 6.45) is 0. The summed E-state index contributed by atoms with van der Waals surface area (Å²) in [4.78, 5) is 25.7.